The lowest BCUT2D eigenvalue weighted by atomic mass is 10.1. The molecule has 0 radical (unpaired) electrons. The molecule has 3 nitrogen and oxygen atoms in total. The van der Waals surface area contributed by atoms with Gasteiger partial charge in [-0.05, 0) is 26.0 Å². The van der Waals surface area contributed by atoms with Crippen molar-refractivity contribution >= 4 is 5.78 Å². The maximum atomic E-state index is 10.8. The molecule has 0 amide bonds. The highest BCUT2D eigenvalue weighted by molar-refractivity contribution is 5.94. The molecule has 0 aromatic rings. The van der Waals surface area contributed by atoms with Crippen LogP contribution in [0.2, 0.25) is 0 Å². The number of rotatable bonds is 0. The van der Waals surface area contributed by atoms with Gasteiger partial charge in [0, 0.05) is 0 Å². The van der Waals surface area contributed by atoms with E-state index in [0.29, 0.717) is 0 Å². The molecule has 0 aromatic carbocycles. The molecular weight excluding hydrogens is 132 g/mol. The lowest BCUT2D eigenvalue weighted by Crippen LogP contribution is -2.37. The van der Waals surface area contributed by atoms with Crippen LogP contribution >= 0.6 is 0 Å². The van der Waals surface area contributed by atoms with Gasteiger partial charge in [-0.1, -0.05) is 0 Å². The average Bonchev–Trinajstić information content (AvgIpc) is 1.79. The van der Waals surface area contributed by atoms with E-state index in [1.54, 1.807) is 6.92 Å². The van der Waals surface area contributed by atoms with Gasteiger partial charge in [0.25, 0.3) is 0 Å². The molecule has 0 spiro atoms. The Balaban J connectivity index is 2.78. The van der Waals surface area contributed by atoms with E-state index in [2.05, 4.69) is 0 Å². The molecule has 1 N–H and O–H groups in total. The lowest BCUT2D eigenvalue weighted by molar-refractivity contribution is -0.188. The van der Waals surface area contributed by atoms with Gasteiger partial charge in [-0.2, -0.15) is 0 Å². The van der Waals surface area contributed by atoms with Crippen molar-refractivity contribution in [1.82, 2.24) is 0 Å². The van der Waals surface area contributed by atoms with Crippen LogP contribution in [0.3, 0.4) is 0 Å². The predicted molar refractivity (Wildman–Crippen MR) is 35.3 cm³/mol. The van der Waals surface area contributed by atoms with Gasteiger partial charge in [-0.15, -0.1) is 0 Å². The van der Waals surface area contributed by atoms with Gasteiger partial charge in [0.2, 0.25) is 0 Å². The fourth-order valence-corrected chi connectivity index (χ4v) is 0.828. The second-order valence-electron chi connectivity index (χ2n) is 2.55. The summed E-state index contributed by atoms with van der Waals surface area (Å²) in [5.41, 5.74) is 0. The van der Waals surface area contributed by atoms with Crippen LogP contribution in [-0.4, -0.2) is 22.8 Å². The number of hydrogen-bond donors (Lipinski definition) is 1. The van der Waals surface area contributed by atoms with Crippen LogP contribution in [-0.2, 0) is 9.53 Å². The molecule has 0 fully saturated rings. The first-order chi connectivity index (χ1) is 4.51. The summed E-state index contributed by atoms with van der Waals surface area (Å²) < 4.78 is 4.91. The average molecular weight is 142 g/mol. The van der Waals surface area contributed by atoms with Crippen molar-refractivity contribution in [3.8, 4) is 0 Å². The van der Waals surface area contributed by atoms with Gasteiger partial charge in [0.15, 0.2) is 11.6 Å². The van der Waals surface area contributed by atoms with Crippen molar-refractivity contribution in [2.24, 2.45) is 0 Å². The molecule has 2 atom stereocenters. The van der Waals surface area contributed by atoms with Crippen molar-refractivity contribution in [2.45, 2.75) is 25.7 Å². The van der Waals surface area contributed by atoms with E-state index in [0.717, 1.165) is 0 Å². The van der Waals surface area contributed by atoms with Crippen molar-refractivity contribution < 1.29 is 14.6 Å². The standard InChI is InChI=1S/C7H10O3/c1-5-6(8)3-4-7(2,9)10-5/h3-5,9H,1-2H3/t5-,7-/m0/s1. The molecular formula is C7H10O3. The zero-order valence-corrected chi connectivity index (χ0v) is 6.00. The first-order valence-electron chi connectivity index (χ1n) is 3.14. The largest absolute Gasteiger partial charge is 0.362 e. The molecule has 1 aliphatic heterocycles. The third kappa shape index (κ3) is 1.43. The Hall–Kier alpha value is -0.670. The molecule has 0 saturated carbocycles. The van der Waals surface area contributed by atoms with Gasteiger partial charge < -0.3 is 9.84 Å². The highest BCUT2D eigenvalue weighted by Gasteiger charge is 2.28. The van der Waals surface area contributed by atoms with Crippen molar-refractivity contribution in [3.63, 3.8) is 0 Å². The SMILES string of the molecule is C[C@@H]1O[C@](C)(O)C=CC1=O. The molecule has 0 saturated heterocycles. The number of carbonyl (C=O) groups is 1. The molecule has 3 heteroatoms. The fraction of sp³-hybridized carbons (Fsp3) is 0.571. The van der Waals surface area contributed by atoms with Crippen LogP contribution < -0.4 is 0 Å². The maximum absolute atomic E-state index is 10.8. The Labute approximate surface area is 59.3 Å². The fourth-order valence-electron chi connectivity index (χ4n) is 0.828. The molecule has 1 aliphatic rings. The number of hydrogen-bond acceptors (Lipinski definition) is 3. The molecule has 0 aliphatic carbocycles. The molecule has 0 bridgehead atoms. The van der Waals surface area contributed by atoms with Gasteiger partial charge in [-0.25, -0.2) is 0 Å². The van der Waals surface area contributed by atoms with Crippen molar-refractivity contribution in [1.29, 1.82) is 0 Å². The number of carbonyl (C=O) groups excluding carboxylic acids is 1. The van der Waals surface area contributed by atoms with Crippen LogP contribution in [0.15, 0.2) is 12.2 Å². The van der Waals surface area contributed by atoms with E-state index in [-0.39, 0.29) is 5.78 Å². The Morgan fingerprint density at radius 3 is 2.80 bits per heavy atom. The van der Waals surface area contributed by atoms with E-state index in [4.69, 9.17) is 4.74 Å². The quantitative estimate of drug-likeness (QED) is 0.527. The van der Waals surface area contributed by atoms with Crippen molar-refractivity contribution in [3.05, 3.63) is 12.2 Å². The first kappa shape index (κ1) is 7.44. The van der Waals surface area contributed by atoms with Crippen LogP contribution in [0, 0.1) is 0 Å². The summed E-state index contributed by atoms with van der Waals surface area (Å²) in [6.45, 7) is 3.10. The topological polar surface area (TPSA) is 46.5 Å². The maximum Gasteiger partial charge on any atom is 0.184 e. The monoisotopic (exact) mass is 142 g/mol. The van der Waals surface area contributed by atoms with Crippen molar-refractivity contribution in [2.75, 3.05) is 0 Å². The molecule has 10 heavy (non-hydrogen) atoms. The minimum absolute atomic E-state index is 0.105. The highest BCUT2D eigenvalue weighted by Crippen LogP contribution is 2.16. The van der Waals surface area contributed by atoms with Gasteiger partial charge in [0.1, 0.15) is 6.10 Å². The Morgan fingerprint density at radius 1 is 1.80 bits per heavy atom. The summed E-state index contributed by atoms with van der Waals surface area (Å²) in [7, 11) is 0. The second kappa shape index (κ2) is 2.18. The van der Waals surface area contributed by atoms with Crippen LogP contribution in [0.5, 0.6) is 0 Å². The molecule has 0 unspecified atom stereocenters. The lowest BCUT2D eigenvalue weighted by Gasteiger charge is -2.26. The molecule has 1 heterocycles. The van der Waals surface area contributed by atoms with E-state index in [1.165, 1.54) is 19.1 Å². The summed E-state index contributed by atoms with van der Waals surface area (Å²) in [4.78, 5) is 10.8. The predicted octanol–water partition coefficient (Wildman–Crippen LogP) is 0.239. The first-order valence-corrected chi connectivity index (χ1v) is 3.14. The van der Waals surface area contributed by atoms with E-state index < -0.39 is 11.9 Å². The third-order valence-corrected chi connectivity index (χ3v) is 1.37. The highest BCUT2D eigenvalue weighted by atomic mass is 16.6. The normalized spacial score (nSPS) is 40.3. The van der Waals surface area contributed by atoms with E-state index in [1.807, 2.05) is 0 Å². The van der Waals surface area contributed by atoms with E-state index in [9.17, 15) is 9.90 Å². The Bertz CT molecular complexity index is 181. The summed E-state index contributed by atoms with van der Waals surface area (Å²) >= 11 is 0. The third-order valence-electron chi connectivity index (χ3n) is 1.37. The molecule has 56 valence electrons. The van der Waals surface area contributed by atoms with Gasteiger partial charge in [0.05, 0.1) is 0 Å². The van der Waals surface area contributed by atoms with Crippen LogP contribution in [0.4, 0.5) is 0 Å². The second-order valence-corrected chi connectivity index (χ2v) is 2.55. The summed E-state index contributed by atoms with van der Waals surface area (Å²) in [5.74, 6) is -1.38. The zero-order valence-electron chi connectivity index (χ0n) is 6.00. The number of aliphatic hydroxyl groups is 1. The minimum Gasteiger partial charge on any atom is -0.362 e. The summed E-state index contributed by atoms with van der Waals surface area (Å²) in [6, 6.07) is 0. The van der Waals surface area contributed by atoms with Crippen LogP contribution in [0.25, 0.3) is 0 Å². The summed E-state index contributed by atoms with van der Waals surface area (Å²) in [5, 5.41) is 9.20. The Morgan fingerprint density at radius 2 is 2.40 bits per heavy atom. The number of ketones is 1. The smallest absolute Gasteiger partial charge is 0.184 e. The number of ether oxygens (including phenoxy) is 1. The Kier molecular flexibility index (Phi) is 1.62. The minimum atomic E-state index is -1.27. The van der Waals surface area contributed by atoms with Gasteiger partial charge in [-0.3, -0.25) is 4.79 Å². The summed E-state index contributed by atoms with van der Waals surface area (Å²) in [6.07, 6.45) is 2.16. The van der Waals surface area contributed by atoms with E-state index >= 15 is 0 Å². The molecule has 0 aromatic heterocycles. The van der Waals surface area contributed by atoms with Gasteiger partial charge >= 0.3 is 0 Å². The van der Waals surface area contributed by atoms with Crippen LogP contribution in [0.1, 0.15) is 13.8 Å². The zero-order chi connectivity index (χ0) is 7.78. The molecule has 1 rings (SSSR count).